The SMILES string of the molecule is CN1CCC(CCNS(=O)(=O)c2ccccc2)CC1. The van der Waals surface area contributed by atoms with E-state index in [4.69, 9.17) is 0 Å². The molecule has 1 aromatic carbocycles. The van der Waals surface area contributed by atoms with Crippen LogP contribution in [0.15, 0.2) is 35.2 Å². The van der Waals surface area contributed by atoms with Crippen LogP contribution >= 0.6 is 0 Å². The maximum atomic E-state index is 12.0. The molecule has 0 aliphatic carbocycles. The maximum absolute atomic E-state index is 12.0. The molecule has 0 aromatic heterocycles. The van der Waals surface area contributed by atoms with E-state index in [1.807, 2.05) is 6.07 Å². The van der Waals surface area contributed by atoms with E-state index in [1.54, 1.807) is 24.3 Å². The van der Waals surface area contributed by atoms with Gasteiger partial charge < -0.3 is 4.90 Å². The summed E-state index contributed by atoms with van der Waals surface area (Å²) in [6, 6.07) is 8.55. The van der Waals surface area contributed by atoms with E-state index in [2.05, 4.69) is 16.7 Å². The summed E-state index contributed by atoms with van der Waals surface area (Å²) in [5, 5.41) is 0. The molecule has 0 saturated carbocycles. The Balaban J connectivity index is 1.79. The molecular formula is C14H22N2O2S. The van der Waals surface area contributed by atoms with Crippen LogP contribution in [0.2, 0.25) is 0 Å². The third-order valence-corrected chi connectivity index (χ3v) is 5.21. The molecule has 1 aliphatic heterocycles. The van der Waals surface area contributed by atoms with Gasteiger partial charge in [-0.25, -0.2) is 13.1 Å². The summed E-state index contributed by atoms with van der Waals surface area (Å²) in [5.74, 6) is 0.648. The van der Waals surface area contributed by atoms with Gasteiger partial charge in [0.15, 0.2) is 0 Å². The lowest BCUT2D eigenvalue weighted by atomic mass is 9.94. The first-order valence-corrected chi connectivity index (χ1v) is 8.29. The highest BCUT2D eigenvalue weighted by Crippen LogP contribution is 2.19. The average molecular weight is 282 g/mol. The molecule has 19 heavy (non-hydrogen) atoms. The van der Waals surface area contributed by atoms with E-state index in [0.29, 0.717) is 17.4 Å². The molecule has 0 radical (unpaired) electrons. The predicted octanol–water partition coefficient (Wildman–Crippen LogP) is 1.70. The zero-order valence-corrected chi connectivity index (χ0v) is 12.2. The summed E-state index contributed by atoms with van der Waals surface area (Å²) < 4.78 is 26.7. The quantitative estimate of drug-likeness (QED) is 0.894. The van der Waals surface area contributed by atoms with Gasteiger partial charge in [0.2, 0.25) is 10.0 Å². The van der Waals surface area contributed by atoms with Gasteiger partial charge in [-0.3, -0.25) is 0 Å². The molecule has 1 saturated heterocycles. The van der Waals surface area contributed by atoms with Crippen molar-refractivity contribution in [2.75, 3.05) is 26.7 Å². The van der Waals surface area contributed by atoms with Crippen LogP contribution in [0.4, 0.5) is 0 Å². The number of hydrogen-bond acceptors (Lipinski definition) is 3. The van der Waals surface area contributed by atoms with Gasteiger partial charge in [0, 0.05) is 6.54 Å². The molecule has 1 fully saturated rings. The van der Waals surface area contributed by atoms with Crippen molar-refractivity contribution >= 4 is 10.0 Å². The van der Waals surface area contributed by atoms with E-state index in [0.717, 1.165) is 19.5 Å². The zero-order chi connectivity index (χ0) is 13.7. The summed E-state index contributed by atoms with van der Waals surface area (Å²) in [5.41, 5.74) is 0. The van der Waals surface area contributed by atoms with Crippen molar-refractivity contribution in [3.8, 4) is 0 Å². The summed E-state index contributed by atoms with van der Waals surface area (Å²) in [7, 11) is -1.20. The van der Waals surface area contributed by atoms with Crippen molar-refractivity contribution in [1.29, 1.82) is 0 Å². The predicted molar refractivity (Wildman–Crippen MR) is 76.5 cm³/mol. The minimum Gasteiger partial charge on any atom is -0.306 e. The lowest BCUT2D eigenvalue weighted by molar-refractivity contribution is 0.213. The van der Waals surface area contributed by atoms with Crippen LogP contribution in [0, 0.1) is 5.92 Å². The second-order valence-corrected chi connectivity index (χ2v) is 7.01. The molecule has 0 spiro atoms. The van der Waals surface area contributed by atoms with Gasteiger partial charge in [0.05, 0.1) is 4.90 Å². The van der Waals surface area contributed by atoms with Gasteiger partial charge in [-0.1, -0.05) is 18.2 Å². The standard InChI is InChI=1S/C14H22N2O2S/c1-16-11-8-13(9-12-16)7-10-15-19(17,18)14-5-3-2-4-6-14/h2-6,13,15H,7-12H2,1H3. The Bertz CT molecular complexity index is 479. The van der Waals surface area contributed by atoms with E-state index in [-0.39, 0.29) is 0 Å². The number of benzene rings is 1. The Morgan fingerprint density at radius 2 is 1.84 bits per heavy atom. The van der Waals surface area contributed by atoms with Crippen LogP contribution in [0.1, 0.15) is 19.3 Å². The first-order valence-electron chi connectivity index (χ1n) is 6.81. The summed E-state index contributed by atoms with van der Waals surface area (Å²) in [4.78, 5) is 2.67. The van der Waals surface area contributed by atoms with Crippen molar-refractivity contribution in [1.82, 2.24) is 9.62 Å². The maximum Gasteiger partial charge on any atom is 0.240 e. The fourth-order valence-electron chi connectivity index (χ4n) is 2.43. The average Bonchev–Trinajstić information content (AvgIpc) is 2.42. The molecule has 1 N–H and O–H groups in total. The fourth-order valence-corrected chi connectivity index (χ4v) is 3.50. The van der Waals surface area contributed by atoms with Crippen molar-refractivity contribution in [3.05, 3.63) is 30.3 Å². The van der Waals surface area contributed by atoms with Crippen LogP contribution in [0.5, 0.6) is 0 Å². The molecule has 2 rings (SSSR count). The van der Waals surface area contributed by atoms with Gasteiger partial charge in [-0.15, -0.1) is 0 Å². The lowest BCUT2D eigenvalue weighted by Gasteiger charge is -2.28. The Labute approximate surface area is 115 Å². The first kappa shape index (κ1) is 14.5. The molecule has 0 bridgehead atoms. The number of sulfonamides is 1. The van der Waals surface area contributed by atoms with Crippen molar-refractivity contribution < 1.29 is 8.42 Å². The molecule has 1 aliphatic rings. The Kier molecular flexibility index (Phi) is 4.96. The number of hydrogen-bond donors (Lipinski definition) is 1. The van der Waals surface area contributed by atoms with Gasteiger partial charge in [0.1, 0.15) is 0 Å². The van der Waals surface area contributed by atoms with E-state index < -0.39 is 10.0 Å². The first-order chi connectivity index (χ1) is 9.08. The molecular weight excluding hydrogens is 260 g/mol. The minimum atomic E-state index is -3.33. The molecule has 0 unspecified atom stereocenters. The third kappa shape index (κ3) is 4.30. The van der Waals surface area contributed by atoms with E-state index in [1.165, 1.54) is 12.8 Å². The van der Waals surface area contributed by atoms with E-state index >= 15 is 0 Å². The second-order valence-electron chi connectivity index (χ2n) is 5.25. The molecule has 0 amide bonds. The van der Waals surface area contributed by atoms with Crippen LogP contribution < -0.4 is 4.72 Å². The van der Waals surface area contributed by atoms with Crippen LogP contribution in [-0.2, 0) is 10.0 Å². The smallest absolute Gasteiger partial charge is 0.240 e. The van der Waals surface area contributed by atoms with Gasteiger partial charge in [-0.2, -0.15) is 0 Å². The van der Waals surface area contributed by atoms with Crippen LogP contribution in [0.3, 0.4) is 0 Å². The van der Waals surface area contributed by atoms with Gasteiger partial charge in [0.25, 0.3) is 0 Å². The van der Waals surface area contributed by atoms with Crippen LogP contribution in [0.25, 0.3) is 0 Å². The van der Waals surface area contributed by atoms with Crippen LogP contribution in [-0.4, -0.2) is 40.0 Å². The van der Waals surface area contributed by atoms with Crippen molar-refractivity contribution in [2.24, 2.45) is 5.92 Å². The third-order valence-electron chi connectivity index (χ3n) is 3.74. The Morgan fingerprint density at radius 1 is 1.21 bits per heavy atom. The van der Waals surface area contributed by atoms with E-state index in [9.17, 15) is 8.42 Å². The Hall–Kier alpha value is -0.910. The number of nitrogens with zero attached hydrogens (tertiary/aromatic N) is 1. The number of likely N-dealkylation sites (tertiary alicyclic amines) is 1. The number of piperidine rings is 1. The minimum absolute atomic E-state index is 0.346. The number of nitrogens with one attached hydrogen (secondary N) is 1. The Morgan fingerprint density at radius 3 is 2.47 bits per heavy atom. The monoisotopic (exact) mass is 282 g/mol. The van der Waals surface area contributed by atoms with Gasteiger partial charge >= 0.3 is 0 Å². The topological polar surface area (TPSA) is 49.4 Å². The molecule has 1 heterocycles. The molecule has 5 heteroatoms. The normalized spacial score (nSPS) is 18.6. The molecule has 4 nitrogen and oxygen atoms in total. The van der Waals surface area contributed by atoms with Crippen molar-refractivity contribution in [3.63, 3.8) is 0 Å². The summed E-state index contributed by atoms with van der Waals surface area (Å²) >= 11 is 0. The summed E-state index contributed by atoms with van der Waals surface area (Å²) in [6.45, 7) is 2.78. The summed E-state index contributed by atoms with van der Waals surface area (Å²) in [6.07, 6.45) is 3.27. The largest absolute Gasteiger partial charge is 0.306 e. The highest BCUT2D eigenvalue weighted by Gasteiger charge is 2.18. The van der Waals surface area contributed by atoms with Gasteiger partial charge in [-0.05, 0) is 57.5 Å². The number of rotatable bonds is 5. The highest BCUT2D eigenvalue weighted by molar-refractivity contribution is 7.89. The molecule has 1 aromatic rings. The zero-order valence-electron chi connectivity index (χ0n) is 11.4. The highest BCUT2D eigenvalue weighted by atomic mass is 32.2. The molecule has 106 valence electrons. The van der Waals surface area contributed by atoms with Crippen molar-refractivity contribution in [2.45, 2.75) is 24.2 Å². The molecule has 0 atom stereocenters. The second kappa shape index (κ2) is 6.50. The fraction of sp³-hybridized carbons (Fsp3) is 0.571. The lowest BCUT2D eigenvalue weighted by Crippen LogP contribution is -2.32.